The van der Waals surface area contributed by atoms with E-state index in [0.29, 0.717) is 10.7 Å². The number of carbonyl (C=O) groups excluding carboxylic acids is 1. The number of urea groups is 1. The minimum absolute atomic E-state index is 0.0221. The summed E-state index contributed by atoms with van der Waals surface area (Å²) in [5.41, 5.74) is -1.08. The standard InChI is InChI=1S/C25H24Cl4N4O4/c1-25(2)21(33-23(35)31(24(36)37-33)16-9-11-18(27)20(29)13-16)30(15-8-10-17(26)19(28)12-15)22(34)32(25)14-6-4-3-5-7-14/h8-14,21H,3-7H2,1-2H3/t21-/m1/s1. The van der Waals surface area contributed by atoms with Crippen LogP contribution in [0.2, 0.25) is 20.1 Å². The van der Waals surface area contributed by atoms with Crippen LogP contribution in [-0.4, -0.2) is 31.8 Å². The van der Waals surface area contributed by atoms with Crippen molar-refractivity contribution in [3.05, 3.63) is 77.5 Å². The van der Waals surface area contributed by atoms with Gasteiger partial charge in [0.1, 0.15) is 0 Å². The van der Waals surface area contributed by atoms with Gasteiger partial charge in [0, 0.05) is 11.7 Å². The number of rotatable bonds is 4. The molecule has 1 aliphatic heterocycles. The molecule has 3 aromatic rings. The van der Waals surface area contributed by atoms with Crippen molar-refractivity contribution in [2.24, 2.45) is 0 Å². The number of anilines is 1. The highest BCUT2D eigenvalue weighted by atomic mass is 35.5. The molecule has 2 aliphatic rings. The van der Waals surface area contributed by atoms with E-state index in [1.54, 1.807) is 18.2 Å². The highest BCUT2D eigenvalue weighted by molar-refractivity contribution is 6.42. The minimum atomic E-state index is -0.997. The molecule has 37 heavy (non-hydrogen) atoms. The van der Waals surface area contributed by atoms with E-state index < -0.39 is 23.2 Å². The van der Waals surface area contributed by atoms with Gasteiger partial charge in [0.05, 0.1) is 31.3 Å². The van der Waals surface area contributed by atoms with Gasteiger partial charge in [-0.3, -0.25) is 4.90 Å². The predicted octanol–water partition coefficient (Wildman–Crippen LogP) is 6.76. The van der Waals surface area contributed by atoms with Crippen LogP contribution in [0.4, 0.5) is 10.5 Å². The molecule has 0 radical (unpaired) electrons. The molecular formula is C25H24Cl4N4O4. The molecule has 1 aliphatic carbocycles. The first-order chi connectivity index (χ1) is 17.5. The third kappa shape index (κ3) is 4.38. The Hall–Kier alpha value is -2.39. The van der Waals surface area contributed by atoms with Crippen LogP contribution in [0, 0.1) is 0 Å². The first-order valence-electron chi connectivity index (χ1n) is 11.9. The van der Waals surface area contributed by atoms with Gasteiger partial charge in [-0.25, -0.2) is 14.4 Å². The van der Waals surface area contributed by atoms with Gasteiger partial charge in [0.25, 0.3) is 0 Å². The van der Waals surface area contributed by atoms with Crippen LogP contribution in [0.3, 0.4) is 0 Å². The number of hydrogen-bond donors (Lipinski definition) is 0. The van der Waals surface area contributed by atoms with E-state index in [2.05, 4.69) is 0 Å². The molecule has 1 saturated heterocycles. The fourth-order valence-corrected chi connectivity index (χ4v) is 6.07. The van der Waals surface area contributed by atoms with E-state index >= 15 is 0 Å². The van der Waals surface area contributed by atoms with Crippen LogP contribution in [-0.2, 0) is 0 Å². The molecule has 0 N–H and O–H groups in total. The molecule has 0 unspecified atom stereocenters. The van der Waals surface area contributed by atoms with Crippen LogP contribution >= 0.6 is 46.4 Å². The Bertz CT molecular complexity index is 1490. The second kappa shape index (κ2) is 9.73. The van der Waals surface area contributed by atoms with Gasteiger partial charge in [0.15, 0.2) is 6.17 Å². The lowest BCUT2D eigenvalue weighted by Gasteiger charge is -2.40. The lowest BCUT2D eigenvalue weighted by molar-refractivity contribution is 0.0605. The zero-order valence-electron chi connectivity index (χ0n) is 20.1. The van der Waals surface area contributed by atoms with Gasteiger partial charge in [-0.15, -0.1) is 4.74 Å². The van der Waals surface area contributed by atoms with Crippen LogP contribution in [0.1, 0.15) is 52.1 Å². The third-order valence-corrected chi connectivity index (χ3v) is 8.63. The van der Waals surface area contributed by atoms with Crippen LogP contribution in [0.15, 0.2) is 50.5 Å². The zero-order valence-corrected chi connectivity index (χ0v) is 23.1. The molecule has 2 aromatic carbocycles. The Labute approximate surface area is 232 Å². The summed E-state index contributed by atoms with van der Waals surface area (Å²) in [7, 11) is 0. The number of hydrogen-bond acceptors (Lipinski definition) is 4. The fourth-order valence-electron chi connectivity index (χ4n) is 5.49. The molecule has 1 saturated carbocycles. The smallest absolute Gasteiger partial charge is 0.314 e. The molecule has 0 bridgehead atoms. The quantitative estimate of drug-likeness (QED) is 0.339. The fraction of sp³-hybridized carbons (Fsp3) is 0.400. The maximum atomic E-state index is 14.1. The summed E-state index contributed by atoms with van der Waals surface area (Å²) in [6.07, 6.45) is 3.82. The first kappa shape index (κ1) is 26.2. The first-order valence-corrected chi connectivity index (χ1v) is 13.4. The summed E-state index contributed by atoms with van der Waals surface area (Å²) in [4.78, 5) is 44.0. The van der Waals surface area contributed by atoms with Crippen molar-refractivity contribution >= 4 is 58.1 Å². The van der Waals surface area contributed by atoms with E-state index in [0.717, 1.165) is 41.4 Å². The van der Waals surface area contributed by atoms with Gasteiger partial charge in [-0.05, 0) is 63.1 Å². The predicted molar refractivity (Wildman–Crippen MR) is 145 cm³/mol. The largest absolute Gasteiger partial charge is 0.447 e. The normalized spacial score (nSPS) is 20.2. The van der Waals surface area contributed by atoms with Crippen LogP contribution in [0.25, 0.3) is 5.69 Å². The lowest BCUT2D eigenvalue weighted by Crippen LogP contribution is -2.51. The number of carbonyl (C=O) groups is 1. The molecule has 12 heteroatoms. The molecule has 2 fully saturated rings. The van der Waals surface area contributed by atoms with E-state index in [-0.39, 0.29) is 32.8 Å². The summed E-state index contributed by atoms with van der Waals surface area (Å²) < 4.78 is 7.35. The molecule has 2 amide bonds. The lowest BCUT2D eigenvalue weighted by atomic mass is 9.90. The maximum Gasteiger partial charge on any atom is 0.447 e. The number of benzene rings is 2. The number of nitrogens with zero attached hydrogens (tertiary/aromatic N) is 4. The monoisotopic (exact) mass is 584 g/mol. The van der Waals surface area contributed by atoms with Crippen molar-refractivity contribution in [2.45, 2.75) is 63.7 Å². The van der Waals surface area contributed by atoms with Gasteiger partial charge < -0.3 is 9.42 Å². The molecular weight excluding hydrogens is 562 g/mol. The molecule has 0 spiro atoms. The van der Waals surface area contributed by atoms with Crippen molar-refractivity contribution in [2.75, 3.05) is 4.90 Å². The van der Waals surface area contributed by atoms with Crippen molar-refractivity contribution in [1.82, 2.24) is 14.2 Å². The maximum absolute atomic E-state index is 14.1. The van der Waals surface area contributed by atoms with Crippen molar-refractivity contribution < 1.29 is 9.32 Å². The number of amides is 2. The highest BCUT2D eigenvalue weighted by Gasteiger charge is 2.57. The van der Waals surface area contributed by atoms with E-state index in [1.807, 2.05) is 18.7 Å². The Morgan fingerprint density at radius 2 is 1.38 bits per heavy atom. The van der Waals surface area contributed by atoms with Gasteiger partial charge in [0.2, 0.25) is 0 Å². The van der Waals surface area contributed by atoms with E-state index in [1.165, 1.54) is 23.1 Å². The zero-order chi connectivity index (χ0) is 26.6. The van der Waals surface area contributed by atoms with Gasteiger partial charge in [-0.1, -0.05) is 65.7 Å². The van der Waals surface area contributed by atoms with Gasteiger partial charge in [-0.2, -0.15) is 4.57 Å². The minimum Gasteiger partial charge on any atom is -0.314 e. The molecule has 8 nitrogen and oxygen atoms in total. The molecule has 1 aromatic heterocycles. The Morgan fingerprint density at radius 1 is 0.811 bits per heavy atom. The molecule has 1 atom stereocenters. The highest BCUT2D eigenvalue weighted by Crippen LogP contribution is 2.46. The molecule has 196 valence electrons. The van der Waals surface area contributed by atoms with E-state index in [9.17, 15) is 14.4 Å². The Kier molecular flexibility index (Phi) is 6.90. The van der Waals surface area contributed by atoms with Crippen LogP contribution < -0.4 is 16.3 Å². The Balaban J connectivity index is 1.69. The summed E-state index contributed by atoms with van der Waals surface area (Å²) in [6.45, 7) is 3.73. The van der Waals surface area contributed by atoms with Crippen molar-refractivity contribution in [1.29, 1.82) is 0 Å². The summed E-state index contributed by atoms with van der Waals surface area (Å²) in [5, 5.41) is 1.03. The molecule has 2 heterocycles. The topological polar surface area (TPSA) is 80.7 Å². The summed E-state index contributed by atoms with van der Waals surface area (Å²) >= 11 is 24.6. The third-order valence-electron chi connectivity index (χ3n) is 7.15. The Morgan fingerprint density at radius 3 is 1.97 bits per heavy atom. The molecule has 5 rings (SSSR count). The summed E-state index contributed by atoms with van der Waals surface area (Å²) in [5.74, 6) is -0.920. The second-order valence-corrected chi connectivity index (χ2v) is 11.5. The van der Waals surface area contributed by atoms with Crippen LogP contribution in [0.5, 0.6) is 0 Å². The van der Waals surface area contributed by atoms with Crippen molar-refractivity contribution in [3.8, 4) is 5.69 Å². The summed E-state index contributed by atoms with van der Waals surface area (Å²) in [6, 6.07) is 8.85. The van der Waals surface area contributed by atoms with E-state index in [4.69, 9.17) is 50.9 Å². The second-order valence-electron chi connectivity index (χ2n) is 9.84. The van der Waals surface area contributed by atoms with Crippen molar-refractivity contribution in [3.63, 3.8) is 0 Å². The average molecular weight is 586 g/mol. The number of aromatic nitrogens is 2. The SMILES string of the molecule is CC1(C)[C@@H](n2oc(=O)n(-c3ccc(Cl)c(Cl)c3)c2=O)N(c2ccc(Cl)c(Cl)c2)C(=O)N1C1CCCCC1. The van der Waals surface area contributed by atoms with Gasteiger partial charge >= 0.3 is 17.5 Å². The average Bonchev–Trinajstić information content (AvgIpc) is 3.25. The number of halogens is 4.